The number of rotatable bonds is 5. The van der Waals surface area contributed by atoms with E-state index in [0.29, 0.717) is 18.1 Å². The topological polar surface area (TPSA) is 99.3 Å². The Labute approximate surface area is 217 Å². The van der Waals surface area contributed by atoms with E-state index >= 15 is 0 Å². The van der Waals surface area contributed by atoms with E-state index in [2.05, 4.69) is 5.43 Å². The third kappa shape index (κ3) is 6.11. The molecule has 0 radical (unpaired) electrons. The number of halogens is 1. The molecule has 0 bridgehead atoms. The molecule has 0 saturated carbocycles. The Bertz CT molecular complexity index is 1250. The lowest BCUT2D eigenvalue weighted by Gasteiger charge is -2.39. The van der Waals surface area contributed by atoms with Gasteiger partial charge in [0.25, 0.3) is 5.91 Å². The van der Waals surface area contributed by atoms with Gasteiger partial charge in [0.05, 0.1) is 18.0 Å². The van der Waals surface area contributed by atoms with Crippen molar-refractivity contribution in [3.8, 4) is 0 Å². The van der Waals surface area contributed by atoms with Gasteiger partial charge in [0.1, 0.15) is 5.60 Å². The summed E-state index contributed by atoms with van der Waals surface area (Å²) in [7, 11) is -3.84. The normalized spacial score (nSPS) is 20.1. The zero-order valence-electron chi connectivity index (χ0n) is 20.9. The van der Waals surface area contributed by atoms with Crippen molar-refractivity contribution in [2.45, 2.75) is 56.6 Å². The van der Waals surface area contributed by atoms with Crippen LogP contribution < -0.4 is 5.43 Å². The van der Waals surface area contributed by atoms with Crippen molar-refractivity contribution < 1.29 is 22.7 Å². The molecular formula is C25H33ClN4O5S. The van der Waals surface area contributed by atoms with Gasteiger partial charge in [0.15, 0.2) is 0 Å². The summed E-state index contributed by atoms with van der Waals surface area (Å²) in [6.07, 6.45) is 2.35. The van der Waals surface area contributed by atoms with Crippen molar-refractivity contribution in [3.63, 3.8) is 0 Å². The molecule has 2 aliphatic rings. The highest BCUT2D eigenvalue weighted by molar-refractivity contribution is 7.89. The van der Waals surface area contributed by atoms with Gasteiger partial charge in [-0.15, -0.1) is 0 Å². The smallest absolute Gasteiger partial charge is 0.410 e. The van der Waals surface area contributed by atoms with Gasteiger partial charge in [0, 0.05) is 30.7 Å². The molecule has 196 valence electrons. The number of benzene rings is 2. The van der Waals surface area contributed by atoms with Gasteiger partial charge in [-0.1, -0.05) is 23.7 Å². The molecule has 2 amide bonds. The van der Waals surface area contributed by atoms with Crippen molar-refractivity contribution in [1.82, 2.24) is 19.6 Å². The van der Waals surface area contributed by atoms with Crippen LogP contribution in [0.15, 0.2) is 41.3 Å². The number of hydrogen-bond donors (Lipinski definition) is 1. The zero-order chi connectivity index (χ0) is 26.1. The molecule has 0 spiro atoms. The maximum Gasteiger partial charge on any atom is 0.410 e. The molecule has 0 aromatic heterocycles. The Kier molecular flexibility index (Phi) is 7.80. The average Bonchev–Trinajstić information content (AvgIpc) is 2.82. The summed E-state index contributed by atoms with van der Waals surface area (Å²) < 4.78 is 33.2. The fourth-order valence-electron chi connectivity index (χ4n) is 4.52. The lowest BCUT2D eigenvalue weighted by Crippen LogP contribution is -2.59. The first-order valence-electron chi connectivity index (χ1n) is 12.2. The molecule has 2 aromatic rings. The molecule has 2 aliphatic heterocycles. The highest BCUT2D eigenvalue weighted by atomic mass is 35.5. The van der Waals surface area contributed by atoms with E-state index in [1.807, 2.05) is 20.8 Å². The van der Waals surface area contributed by atoms with Crippen molar-refractivity contribution in [3.05, 3.63) is 41.4 Å². The molecule has 0 aliphatic carbocycles. The number of hydrazine groups is 1. The molecule has 11 heteroatoms. The number of carbonyl (C=O) groups is 2. The third-order valence-electron chi connectivity index (χ3n) is 6.37. The van der Waals surface area contributed by atoms with Crippen molar-refractivity contribution in [2.75, 3.05) is 32.7 Å². The van der Waals surface area contributed by atoms with E-state index in [0.717, 1.165) is 30.0 Å². The Morgan fingerprint density at radius 1 is 1.08 bits per heavy atom. The van der Waals surface area contributed by atoms with Crippen LogP contribution in [0.25, 0.3) is 10.8 Å². The number of nitrogens with zero attached hydrogens (tertiary/aromatic N) is 3. The van der Waals surface area contributed by atoms with Gasteiger partial charge >= 0.3 is 6.09 Å². The minimum atomic E-state index is -3.84. The van der Waals surface area contributed by atoms with Crippen molar-refractivity contribution in [2.24, 2.45) is 0 Å². The van der Waals surface area contributed by atoms with Crippen LogP contribution in [0.2, 0.25) is 5.02 Å². The van der Waals surface area contributed by atoms with Crippen molar-refractivity contribution in [1.29, 1.82) is 0 Å². The number of piperazine rings is 1. The van der Waals surface area contributed by atoms with Gasteiger partial charge in [-0.2, -0.15) is 4.31 Å². The first kappa shape index (κ1) is 26.7. The summed E-state index contributed by atoms with van der Waals surface area (Å²) in [5.41, 5.74) is 2.55. The summed E-state index contributed by atoms with van der Waals surface area (Å²) in [6.45, 7) is 6.63. The third-order valence-corrected chi connectivity index (χ3v) is 8.45. The molecule has 4 rings (SSSR count). The summed E-state index contributed by atoms with van der Waals surface area (Å²) in [5, 5.41) is 3.63. The SMILES string of the molecule is CC(C)(C)OC(=O)N1CCCCC1CNN1CCN(S(=O)(=O)c2ccc3cc(Cl)ccc3c2)CC1=O. The molecule has 2 saturated heterocycles. The van der Waals surface area contributed by atoms with E-state index < -0.39 is 15.6 Å². The van der Waals surface area contributed by atoms with E-state index in [-0.39, 0.29) is 42.6 Å². The van der Waals surface area contributed by atoms with Crippen LogP contribution in [0.1, 0.15) is 40.0 Å². The van der Waals surface area contributed by atoms with Crippen molar-refractivity contribution >= 4 is 44.4 Å². The molecule has 2 heterocycles. The molecule has 1 unspecified atom stereocenters. The number of nitrogens with one attached hydrogen (secondary N) is 1. The van der Waals surface area contributed by atoms with Gasteiger partial charge < -0.3 is 9.64 Å². The molecular weight excluding hydrogens is 504 g/mol. The number of sulfonamides is 1. The fraction of sp³-hybridized carbons (Fsp3) is 0.520. The highest BCUT2D eigenvalue weighted by Crippen LogP contribution is 2.25. The molecule has 9 nitrogen and oxygen atoms in total. The molecule has 2 fully saturated rings. The first-order valence-corrected chi connectivity index (χ1v) is 14.0. The van der Waals surface area contributed by atoms with Crippen LogP contribution in [-0.4, -0.2) is 79.0 Å². The van der Waals surface area contributed by atoms with Gasteiger partial charge in [-0.25, -0.2) is 18.6 Å². The number of fused-ring (bicyclic) bond motifs is 1. The average molecular weight is 537 g/mol. The Balaban J connectivity index is 1.37. The van der Waals surface area contributed by atoms with Gasteiger partial charge in [-0.05, 0) is 75.1 Å². The minimum absolute atomic E-state index is 0.103. The maximum absolute atomic E-state index is 13.2. The monoisotopic (exact) mass is 536 g/mol. The standard InChI is InChI=1S/C25H33ClN4O5S/c1-25(2,3)35-24(32)29-11-5-4-6-21(29)16-27-30-13-12-28(17-23(30)31)36(33,34)22-10-8-18-14-20(26)9-7-19(18)15-22/h7-10,14-15,21,27H,4-6,11-13,16-17H2,1-3H3. The predicted octanol–water partition coefficient (Wildman–Crippen LogP) is 3.62. The molecule has 2 aromatic carbocycles. The van der Waals surface area contributed by atoms with Crippen LogP contribution in [0.4, 0.5) is 4.79 Å². The number of hydrogen-bond acceptors (Lipinski definition) is 6. The molecule has 1 N–H and O–H groups in total. The fourth-order valence-corrected chi connectivity index (χ4v) is 6.11. The van der Waals surface area contributed by atoms with Crippen LogP contribution in [-0.2, 0) is 19.6 Å². The zero-order valence-corrected chi connectivity index (χ0v) is 22.4. The number of carbonyl (C=O) groups excluding carboxylic acids is 2. The van der Waals surface area contributed by atoms with Gasteiger partial charge in [-0.3, -0.25) is 9.80 Å². The number of amides is 2. The number of piperidine rings is 1. The second kappa shape index (κ2) is 10.5. The summed E-state index contributed by atoms with van der Waals surface area (Å²) in [5.74, 6) is -0.336. The summed E-state index contributed by atoms with van der Waals surface area (Å²) in [4.78, 5) is 27.3. The highest BCUT2D eigenvalue weighted by Gasteiger charge is 2.35. The van der Waals surface area contributed by atoms with Crippen LogP contribution in [0.5, 0.6) is 0 Å². The van der Waals surface area contributed by atoms with Crippen LogP contribution >= 0.6 is 11.6 Å². The molecule has 36 heavy (non-hydrogen) atoms. The lowest BCUT2D eigenvalue weighted by molar-refractivity contribution is -0.137. The number of ether oxygens (including phenoxy) is 1. The van der Waals surface area contributed by atoms with E-state index in [9.17, 15) is 18.0 Å². The summed E-state index contributed by atoms with van der Waals surface area (Å²) in [6, 6.07) is 10.0. The Morgan fingerprint density at radius 2 is 1.81 bits per heavy atom. The van der Waals surface area contributed by atoms with E-state index in [1.165, 1.54) is 15.4 Å². The lowest BCUT2D eigenvalue weighted by atomic mass is 10.0. The quantitative estimate of drug-likeness (QED) is 0.626. The van der Waals surface area contributed by atoms with Crippen LogP contribution in [0, 0.1) is 0 Å². The largest absolute Gasteiger partial charge is 0.444 e. The summed E-state index contributed by atoms with van der Waals surface area (Å²) >= 11 is 6.02. The maximum atomic E-state index is 13.2. The van der Waals surface area contributed by atoms with Gasteiger partial charge in [0.2, 0.25) is 10.0 Å². The van der Waals surface area contributed by atoms with Crippen LogP contribution in [0.3, 0.4) is 0 Å². The Morgan fingerprint density at radius 3 is 2.53 bits per heavy atom. The first-order chi connectivity index (χ1) is 16.9. The second-order valence-electron chi connectivity index (χ2n) is 10.2. The number of likely N-dealkylation sites (tertiary alicyclic amines) is 1. The Hall–Kier alpha value is -2.40. The van der Waals surface area contributed by atoms with E-state index in [1.54, 1.807) is 35.2 Å². The van der Waals surface area contributed by atoms with E-state index in [4.69, 9.17) is 16.3 Å². The predicted molar refractivity (Wildman–Crippen MR) is 138 cm³/mol. The molecule has 1 atom stereocenters. The second-order valence-corrected chi connectivity index (χ2v) is 12.6. The minimum Gasteiger partial charge on any atom is -0.444 e.